The molecule has 2 N–H and O–H groups in total. The van der Waals surface area contributed by atoms with Gasteiger partial charge in [-0.2, -0.15) is 0 Å². The Bertz CT molecular complexity index is 306. The largest absolute Gasteiger partial charge is 0.481 e. The molecular weight excluding hydrogens is 220 g/mol. The van der Waals surface area contributed by atoms with E-state index in [1.54, 1.807) is 0 Å². The lowest BCUT2D eigenvalue weighted by atomic mass is 9.97. The fourth-order valence-electron chi connectivity index (χ4n) is 2.88. The Balaban J connectivity index is 1.72. The van der Waals surface area contributed by atoms with Crippen molar-refractivity contribution in [3.8, 4) is 0 Å². The van der Waals surface area contributed by atoms with Crippen LogP contribution < -0.4 is 5.32 Å². The maximum atomic E-state index is 11.5. The Morgan fingerprint density at radius 2 is 2.06 bits per heavy atom. The lowest BCUT2D eigenvalue weighted by molar-refractivity contribution is -0.139. The molecule has 0 radical (unpaired) electrons. The van der Waals surface area contributed by atoms with Gasteiger partial charge < -0.3 is 15.3 Å². The van der Waals surface area contributed by atoms with Gasteiger partial charge in [0.05, 0.1) is 6.42 Å². The van der Waals surface area contributed by atoms with Crippen LogP contribution in [0.2, 0.25) is 0 Å². The SMILES string of the molecule is O=C(O)CCC(=O)NC1CCN2CCCC2C1. The van der Waals surface area contributed by atoms with E-state index in [1.165, 1.54) is 19.4 Å². The molecule has 2 rings (SSSR count). The first kappa shape index (κ1) is 12.4. The summed E-state index contributed by atoms with van der Waals surface area (Å²) < 4.78 is 0. The summed E-state index contributed by atoms with van der Waals surface area (Å²) in [6.07, 6.45) is 4.55. The molecule has 0 spiro atoms. The van der Waals surface area contributed by atoms with Crippen LogP contribution in [0, 0.1) is 0 Å². The summed E-state index contributed by atoms with van der Waals surface area (Å²) in [7, 11) is 0. The molecule has 0 aromatic carbocycles. The van der Waals surface area contributed by atoms with Gasteiger partial charge >= 0.3 is 5.97 Å². The molecular formula is C12H20N2O3. The molecule has 2 fully saturated rings. The molecule has 1 amide bonds. The van der Waals surface area contributed by atoms with E-state index in [2.05, 4.69) is 10.2 Å². The van der Waals surface area contributed by atoms with E-state index in [1.807, 2.05) is 0 Å². The zero-order valence-electron chi connectivity index (χ0n) is 10.0. The van der Waals surface area contributed by atoms with Crippen molar-refractivity contribution in [2.75, 3.05) is 13.1 Å². The highest BCUT2D eigenvalue weighted by atomic mass is 16.4. The van der Waals surface area contributed by atoms with Crippen molar-refractivity contribution in [2.45, 2.75) is 50.6 Å². The van der Waals surface area contributed by atoms with Crippen LogP contribution in [0.4, 0.5) is 0 Å². The van der Waals surface area contributed by atoms with Gasteiger partial charge in [-0.05, 0) is 32.2 Å². The average molecular weight is 240 g/mol. The van der Waals surface area contributed by atoms with Crippen molar-refractivity contribution in [1.82, 2.24) is 10.2 Å². The lowest BCUT2D eigenvalue weighted by Gasteiger charge is -2.35. The second kappa shape index (κ2) is 5.49. The molecule has 0 bridgehead atoms. The van der Waals surface area contributed by atoms with Gasteiger partial charge in [0.1, 0.15) is 0 Å². The summed E-state index contributed by atoms with van der Waals surface area (Å²) in [5.41, 5.74) is 0. The number of carboxylic acid groups (broad SMARTS) is 1. The summed E-state index contributed by atoms with van der Waals surface area (Å²) in [6.45, 7) is 2.26. The zero-order valence-corrected chi connectivity index (χ0v) is 10.0. The number of aliphatic carboxylic acids is 1. The number of hydrogen-bond donors (Lipinski definition) is 2. The van der Waals surface area contributed by atoms with Crippen LogP contribution in [0.15, 0.2) is 0 Å². The number of nitrogens with zero attached hydrogens (tertiary/aromatic N) is 1. The number of carboxylic acids is 1. The Morgan fingerprint density at radius 3 is 2.82 bits per heavy atom. The predicted octanol–water partition coefficient (Wildman–Crippen LogP) is 0.594. The quantitative estimate of drug-likeness (QED) is 0.754. The molecule has 0 aromatic rings. The zero-order chi connectivity index (χ0) is 12.3. The van der Waals surface area contributed by atoms with E-state index in [-0.39, 0.29) is 24.8 Å². The van der Waals surface area contributed by atoms with E-state index in [0.717, 1.165) is 19.4 Å². The molecule has 17 heavy (non-hydrogen) atoms. The van der Waals surface area contributed by atoms with Crippen molar-refractivity contribution in [3.63, 3.8) is 0 Å². The first-order chi connectivity index (χ1) is 8.15. The Hall–Kier alpha value is -1.10. The van der Waals surface area contributed by atoms with E-state index in [0.29, 0.717) is 6.04 Å². The average Bonchev–Trinajstić information content (AvgIpc) is 2.73. The van der Waals surface area contributed by atoms with Crippen molar-refractivity contribution >= 4 is 11.9 Å². The van der Waals surface area contributed by atoms with E-state index in [4.69, 9.17) is 5.11 Å². The molecule has 5 nitrogen and oxygen atoms in total. The highest BCUT2D eigenvalue weighted by Crippen LogP contribution is 2.26. The maximum absolute atomic E-state index is 11.5. The second-order valence-corrected chi connectivity index (χ2v) is 5.01. The van der Waals surface area contributed by atoms with Crippen LogP contribution in [0.3, 0.4) is 0 Å². The first-order valence-electron chi connectivity index (χ1n) is 6.40. The van der Waals surface area contributed by atoms with Crippen molar-refractivity contribution < 1.29 is 14.7 Å². The molecule has 0 saturated carbocycles. The van der Waals surface area contributed by atoms with Gasteiger partial charge in [-0.15, -0.1) is 0 Å². The fourth-order valence-corrected chi connectivity index (χ4v) is 2.88. The third-order valence-electron chi connectivity index (χ3n) is 3.75. The highest BCUT2D eigenvalue weighted by molar-refractivity contribution is 5.80. The van der Waals surface area contributed by atoms with Crippen LogP contribution >= 0.6 is 0 Å². The molecule has 2 aliphatic rings. The number of rotatable bonds is 4. The molecule has 2 unspecified atom stereocenters. The minimum absolute atomic E-state index is 0.0753. The van der Waals surface area contributed by atoms with Crippen LogP contribution in [-0.4, -0.2) is 47.1 Å². The van der Waals surface area contributed by atoms with E-state index in [9.17, 15) is 9.59 Å². The van der Waals surface area contributed by atoms with Crippen molar-refractivity contribution in [1.29, 1.82) is 0 Å². The Kier molecular flexibility index (Phi) is 3.99. The molecule has 2 heterocycles. The minimum Gasteiger partial charge on any atom is -0.481 e. The maximum Gasteiger partial charge on any atom is 0.303 e. The van der Waals surface area contributed by atoms with Crippen LogP contribution in [0.25, 0.3) is 0 Å². The summed E-state index contributed by atoms with van der Waals surface area (Å²) in [5, 5.41) is 11.5. The second-order valence-electron chi connectivity index (χ2n) is 5.01. The molecule has 2 saturated heterocycles. The number of amides is 1. The van der Waals surface area contributed by atoms with E-state index < -0.39 is 5.97 Å². The number of fused-ring (bicyclic) bond motifs is 1. The molecule has 96 valence electrons. The smallest absolute Gasteiger partial charge is 0.303 e. The third kappa shape index (κ3) is 3.43. The van der Waals surface area contributed by atoms with Crippen molar-refractivity contribution in [2.24, 2.45) is 0 Å². The van der Waals surface area contributed by atoms with Gasteiger partial charge in [-0.25, -0.2) is 0 Å². The normalized spacial score (nSPS) is 28.7. The number of piperidine rings is 1. The van der Waals surface area contributed by atoms with Crippen LogP contribution in [-0.2, 0) is 9.59 Å². The Labute approximate surface area is 101 Å². The first-order valence-corrected chi connectivity index (χ1v) is 6.40. The van der Waals surface area contributed by atoms with Crippen LogP contribution in [0.1, 0.15) is 38.5 Å². The van der Waals surface area contributed by atoms with Gasteiger partial charge in [0.2, 0.25) is 5.91 Å². The summed E-state index contributed by atoms with van der Waals surface area (Å²) in [6, 6.07) is 0.879. The predicted molar refractivity (Wildman–Crippen MR) is 62.6 cm³/mol. The number of carbonyl (C=O) groups excluding carboxylic acids is 1. The third-order valence-corrected chi connectivity index (χ3v) is 3.75. The number of carbonyl (C=O) groups is 2. The topological polar surface area (TPSA) is 69.6 Å². The minimum atomic E-state index is -0.911. The number of hydrogen-bond acceptors (Lipinski definition) is 3. The molecule has 2 aliphatic heterocycles. The summed E-state index contributed by atoms with van der Waals surface area (Å²) >= 11 is 0. The standard InChI is InChI=1S/C12H20N2O3/c15-11(3-4-12(16)17)13-9-5-7-14-6-1-2-10(14)8-9/h9-10H,1-8H2,(H,13,15)(H,16,17). The van der Waals surface area contributed by atoms with Gasteiger partial charge in [0.15, 0.2) is 0 Å². The summed E-state index contributed by atoms with van der Waals surface area (Å²) in [4.78, 5) is 24.4. The monoisotopic (exact) mass is 240 g/mol. The fraction of sp³-hybridized carbons (Fsp3) is 0.833. The van der Waals surface area contributed by atoms with Gasteiger partial charge in [0, 0.05) is 25.0 Å². The number of nitrogens with one attached hydrogen (secondary N) is 1. The van der Waals surface area contributed by atoms with Gasteiger partial charge in [0.25, 0.3) is 0 Å². The lowest BCUT2D eigenvalue weighted by Crippen LogP contribution is -2.47. The van der Waals surface area contributed by atoms with Gasteiger partial charge in [-0.3, -0.25) is 9.59 Å². The van der Waals surface area contributed by atoms with E-state index >= 15 is 0 Å². The molecule has 5 heteroatoms. The molecule has 0 aliphatic carbocycles. The Morgan fingerprint density at radius 1 is 1.24 bits per heavy atom. The van der Waals surface area contributed by atoms with Crippen molar-refractivity contribution in [3.05, 3.63) is 0 Å². The van der Waals surface area contributed by atoms with Crippen LogP contribution in [0.5, 0.6) is 0 Å². The van der Waals surface area contributed by atoms with Gasteiger partial charge in [-0.1, -0.05) is 0 Å². The summed E-state index contributed by atoms with van der Waals surface area (Å²) in [5.74, 6) is -1.03. The molecule has 0 aromatic heterocycles. The molecule has 2 atom stereocenters. The highest BCUT2D eigenvalue weighted by Gasteiger charge is 2.32.